The van der Waals surface area contributed by atoms with Crippen molar-refractivity contribution in [2.45, 2.75) is 20.0 Å². The molecule has 0 saturated heterocycles. The van der Waals surface area contributed by atoms with Crippen LogP contribution in [0.5, 0.6) is 11.8 Å². The smallest absolute Gasteiger partial charge is 0.412 e. The van der Waals surface area contributed by atoms with Crippen molar-refractivity contribution < 1.29 is 23.4 Å². The van der Waals surface area contributed by atoms with Crippen LogP contribution < -0.4 is 14.8 Å². The normalized spacial score (nSPS) is 11.9. The van der Waals surface area contributed by atoms with Crippen LogP contribution in [0.2, 0.25) is 0 Å². The van der Waals surface area contributed by atoms with E-state index in [4.69, 9.17) is 14.2 Å². The summed E-state index contributed by atoms with van der Waals surface area (Å²) in [7, 11) is 1.53. The van der Waals surface area contributed by atoms with Crippen LogP contribution in [0.25, 0.3) is 32.0 Å². The molecule has 0 bridgehead atoms. The van der Waals surface area contributed by atoms with Gasteiger partial charge < -0.3 is 14.2 Å². The van der Waals surface area contributed by atoms with Crippen LogP contribution in [-0.4, -0.2) is 50.8 Å². The zero-order valence-electron chi connectivity index (χ0n) is 20.1. The molecule has 0 radical (unpaired) electrons. The second kappa shape index (κ2) is 10.3. The minimum atomic E-state index is -0.670. The van der Waals surface area contributed by atoms with Crippen LogP contribution in [0.1, 0.15) is 12.5 Å². The number of anilines is 1. The average Bonchev–Trinajstić information content (AvgIpc) is 3.29. The molecule has 1 amide bonds. The van der Waals surface area contributed by atoms with Crippen molar-refractivity contribution in [1.82, 2.24) is 24.9 Å². The van der Waals surface area contributed by atoms with Crippen LogP contribution in [0.4, 0.5) is 14.9 Å². The van der Waals surface area contributed by atoms with Gasteiger partial charge in [-0.2, -0.15) is 4.98 Å². The van der Waals surface area contributed by atoms with E-state index < -0.39 is 18.0 Å². The number of methoxy groups -OCH3 is 1. The third kappa shape index (κ3) is 5.38. The zero-order valence-corrected chi connectivity index (χ0v) is 20.9. The number of benzene rings is 1. The summed E-state index contributed by atoms with van der Waals surface area (Å²) in [5.74, 6) is -0.463. The van der Waals surface area contributed by atoms with Crippen molar-refractivity contribution in [2.75, 3.05) is 19.0 Å². The maximum atomic E-state index is 14.7. The van der Waals surface area contributed by atoms with Gasteiger partial charge in [0.05, 0.1) is 24.3 Å². The van der Waals surface area contributed by atoms with Gasteiger partial charge >= 0.3 is 6.09 Å². The minimum Gasteiger partial charge on any atom is -0.480 e. The van der Waals surface area contributed by atoms with E-state index in [0.29, 0.717) is 38.0 Å². The maximum Gasteiger partial charge on any atom is 0.412 e. The van der Waals surface area contributed by atoms with Crippen molar-refractivity contribution >= 4 is 44.5 Å². The van der Waals surface area contributed by atoms with E-state index in [2.05, 4.69) is 30.2 Å². The van der Waals surface area contributed by atoms with Crippen molar-refractivity contribution in [2.24, 2.45) is 0 Å². The molecule has 4 heterocycles. The summed E-state index contributed by atoms with van der Waals surface area (Å²) >= 11 is 1.28. The highest BCUT2D eigenvalue weighted by Gasteiger charge is 2.18. The number of fused-ring (bicyclic) bond motifs is 2. The second-order valence-electron chi connectivity index (χ2n) is 8.10. The first-order chi connectivity index (χ1) is 17.9. The van der Waals surface area contributed by atoms with Gasteiger partial charge in [-0.05, 0) is 43.7 Å². The number of amides is 1. The number of thiazole rings is 1. The number of carbonyl (C=O) groups is 1. The number of nitrogens with one attached hydrogen (secondary N) is 1. The van der Waals surface area contributed by atoms with Gasteiger partial charge in [0.2, 0.25) is 5.88 Å². The quantitative estimate of drug-likeness (QED) is 0.310. The third-order valence-electron chi connectivity index (χ3n) is 5.20. The molecule has 0 fully saturated rings. The first-order valence-corrected chi connectivity index (χ1v) is 12.0. The molecule has 188 valence electrons. The van der Waals surface area contributed by atoms with Gasteiger partial charge in [-0.15, -0.1) is 0 Å². The monoisotopic (exact) mass is 520 g/mol. The Morgan fingerprint density at radius 3 is 2.73 bits per heavy atom. The Morgan fingerprint density at radius 1 is 1.14 bits per heavy atom. The van der Waals surface area contributed by atoms with E-state index in [1.54, 1.807) is 37.6 Å². The molecule has 1 aromatic carbocycles. The van der Waals surface area contributed by atoms with E-state index in [0.717, 1.165) is 11.1 Å². The largest absolute Gasteiger partial charge is 0.480 e. The molecule has 0 aliphatic heterocycles. The first kappa shape index (κ1) is 24.3. The summed E-state index contributed by atoms with van der Waals surface area (Å²) < 4.78 is 30.7. The van der Waals surface area contributed by atoms with Gasteiger partial charge in [0.1, 0.15) is 28.1 Å². The number of halogens is 1. The van der Waals surface area contributed by atoms with Gasteiger partial charge in [-0.3, -0.25) is 10.3 Å². The minimum absolute atomic E-state index is 0.0925. The fourth-order valence-corrected chi connectivity index (χ4v) is 4.48. The second-order valence-corrected chi connectivity index (χ2v) is 9.08. The van der Waals surface area contributed by atoms with Gasteiger partial charge in [0.25, 0.3) is 5.88 Å². The topological polar surface area (TPSA) is 121 Å². The van der Waals surface area contributed by atoms with Gasteiger partial charge in [-0.25, -0.2) is 24.1 Å². The molecule has 10 nitrogen and oxygen atoms in total. The number of aryl methyl sites for hydroxylation is 1. The van der Waals surface area contributed by atoms with Crippen molar-refractivity contribution in [3.05, 3.63) is 60.3 Å². The molecule has 0 unspecified atom stereocenters. The Hall–Kier alpha value is -4.45. The lowest BCUT2D eigenvalue weighted by Crippen LogP contribution is -2.25. The lowest BCUT2D eigenvalue weighted by atomic mass is 10.1. The number of aromatic nitrogens is 5. The standard InChI is InChI=1S/C25H21FN6O4S/c1-13-8-16(21-18(9-13)30-20(34-3)11-28-21)23-31-19-10-17(26)22(32-24(19)37-23)35-12-14(2)36-25(33)29-15-4-6-27-7-5-15/h4-11,14H,12H2,1-3H3,(H,27,29,33)/t14-/m1/s1. The zero-order chi connectivity index (χ0) is 25.9. The SMILES string of the molecule is COc1cnc2c(-c3nc4cc(F)c(OC[C@@H](C)OC(=O)Nc5ccncc5)nc4s3)cc(C)cc2n1. The number of rotatable bonds is 7. The number of ether oxygens (including phenoxy) is 3. The van der Waals surface area contributed by atoms with Crippen LogP contribution in [0.15, 0.2) is 48.9 Å². The Kier molecular flexibility index (Phi) is 6.73. The van der Waals surface area contributed by atoms with Gasteiger partial charge in [0.15, 0.2) is 5.82 Å². The molecule has 0 saturated carbocycles. The van der Waals surface area contributed by atoms with Crippen molar-refractivity contribution in [1.29, 1.82) is 0 Å². The molecule has 5 aromatic rings. The molecular formula is C25H21FN6O4S. The highest BCUT2D eigenvalue weighted by atomic mass is 32.1. The highest BCUT2D eigenvalue weighted by Crippen LogP contribution is 2.35. The Balaban J connectivity index is 1.33. The number of pyridine rings is 2. The molecule has 5 rings (SSSR count). The Labute approximate surface area is 214 Å². The van der Waals surface area contributed by atoms with E-state index in [1.807, 2.05) is 19.1 Å². The lowest BCUT2D eigenvalue weighted by Gasteiger charge is -2.14. The summed E-state index contributed by atoms with van der Waals surface area (Å²) in [6, 6.07) is 8.38. The summed E-state index contributed by atoms with van der Waals surface area (Å²) in [6.07, 6.45) is 3.31. The van der Waals surface area contributed by atoms with Crippen LogP contribution in [0.3, 0.4) is 0 Å². The van der Waals surface area contributed by atoms with E-state index in [1.165, 1.54) is 24.5 Å². The molecular weight excluding hydrogens is 499 g/mol. The van der Waals surface area contributed by atoms with Crippen LogP contribution in [0, 0.1) is 12.7 Å². The number of hydrogen-bond donors (Lipinski definition) is 1. The highest BCUT2D eigenvalue weighted by molar-refractivity contribution is 7.21. The average molecular weight is 521 g/mol. The molecule has 1 N–H and O–H groups in total. The lowest BCUT2D eigenvalue weighted by molar-refractivity contribution is 0.0827. The van der Waals surface area contributed by atoms with E-state index in [-0.39, 0.29) is 12.5 Å². The molecule has 0 aliphatic rings. The fourth-order valence-electron chi connectivity index (χ4n) is 3.55. The van der Waals surface area contributed by atoms with Crippen molar-refractivity contribution in [3.8, 4) is 22.3 Å². The molecule has 0 spiro atoms. The maximum absolute atomic E-state index is 14.7. The van der Waals surface area contributed by atoms with Crippen LogP contribution >= 0.6 is 11.3 Å². The Morgan fingerprint density at radius 2 is 1.95 bits per heavy atom. The molecule has 4 aromatic heterocycles. The molecule has 37 heavy (non-hydrogen) atoms. The molecule has 0 aliphatic carbocycles. The number of carbonyl (C=O) groups excluding carboxylic acids is 1. The van der Waals surface area contributed by atoms with Gasteiger partial charge in [0, 0.05) is 29.7 Å². The summed E-state index contributed by atoms with van der Waals surface area (Å²) in [4.78, 5) is 34.2. The van der Waals surface area contributed by atoms with Crippen molar-refractivity contribution in [3.63, 3.8) is 0 Å². The number of hydrogen-bond acceptors (Lipinski definition) is 10. The van der Waals surface area contributed by atoms with Crippen LogP contribution in [-0.2, 0) is 4.74 Å². The predicted octanol–water partition coefficient (Wildman–Crippen LogP) is 5.17. The van der Waals surface area contributed by atoms with E-state index in [9.17, 15) is 9.18 Å². The first-order valence-electron chi connectivity index (χ1n) is 11.2. The molecule has 12 heteroatoms. The third-order valence-corrected chi connectivity index (χ3v) is 6.20. The summed E-state index contributed by atoms with van der Waals surface area (Å²) in [5, 5.41) is 3.20. The summed E-state index contributed by atoms with van der Waals surface area (Å²) in [6.45, 7) is 3.48. The fraction of sp³-hybridized carbons (Fsp3) is 0.200. The van der Waals surface area contributed by atoms with Gasteiger partial charge in [-0.1, -0.05) is 11.3 Å². The molecule has 1 atom stereocenters. The Bertz CT molecular complexity index is 1600. The number of nitrogens with zero attached hydrogens (tertiary/aromatic N) is 5. The van der Waals surface area contributed by atoms with E-state index >= 15 is 0 Å². The predicted molar refractivity (Wildman–Crippen MR) is 136 cm³/mol. The summed E-state index contributed by atoms with van der Waals surface area (Å²) in [5.41, 5.74) is 3.98.